The summed E-state index contributed by atoms with van der Waals surface area (Å²) >= 11 is 6.30. The van der Waals surface area contributed by atoms with Gasteiger partial charge in [0.25, 0.3) is 5.91 Å². The van der Waals surface area contributed by atoms with Crippen molar-refractivity contribution in [2.45, 2.75) is 78.9 Å². The zero-order valence-electron chi connectivity index (χ0n) is 22.5. The number of rotatable bonds is 10. The summed E-state index contributed by atoms with van der Waals surface area (Å²) in [6, 6.07) is 3.33. The first-order valence-electron chi connectivity index (χ1n) is 12.6. The van der Waals surface area contributed by atoms with Crippen molar-refractivity contribution in [1.29, 1.82) is 0 Å². The van der Waals surface area contributed by atoms with Gasteiger partial charge in [-0.1, -0.05) is 39.3 Å². The molecule has 1 heterocycles. The molecule has 202 valence electrons. The Balaban J connectivity index is 1.82. The third-order valence-corrected chi connectivity index (χ3v) is 5.81. The van der Waals surface area contributed by atoms with Gasteiger partial charge in [-0.05, 0) is 63.0 Å². The highest BCUT2D eigenvalue weighted by Crippen LogP contribution is 2.46. The second kappa shape index (κ2) is 11.7. The van der Waals surface area contributed by atoms with E-state index in [4.69, 9.17) is 25.8 Å². The number of halogens is 2. The Morgan fingerprint density at radius 3 is 2.38 bits per heavy atom. The fraction of sp³-hybridized carbons (Fsp3) is 0.536. The summed E-state index contributed by atoms with van der Waals surface area (Å²) in [6.45, 7) is 13.3. The molecule has 2 aromatic rings. The largest absolute Gasteiger partial charge is 0.476 e. The highest BCUT2D eigenvalue weighted by molar-refractivity contribution is 6.31. The lowest BCUT2D eigenvalue weighted by Crippen LogP contribution is -2.47. The van der Waals surface area contributed by atoms with Crippen LogP contribution in [0.25, 0.3) is 0 Å². The minimum atomic E-state index is -0.920. The number of benzene rings is 1. The molecule has 9 heteroatoms. The fourth-order valence-electron chi connectivity index (χ4n) is 3.57. The number of nitrogens with one attached hydrogen (secondary N) is 1. The van der Waals surface area contributed by atoms with Crippen LogP contribution in [0.1, 0.15) is 83.1 Å². The fourth-order valence-corrected chi connectivity index (χ4v) is 3.78. The molecular weight excluding hydrogens is 499 g/mol. The third-order valence-electron chi connectivity index (χ3n) is 5.54. The van der Waals surface area contributed by atoms with Crippen LogP contribution in [0.5, 0.6) is 17.4 Å². The molecular formula is C28H36ClFN2O5. The Morgan fingerprint density at radius 1 is 1.16 bits per heavy atom. The molecule has 1 aromatic carbocycles. The van der Waals surface area contributed by atoms with Crippen molar-refractivity contribution in [2.75, 3.05) is 6.61 Å². The van der Waals surface area contributed by atoms with Crippen molar-refractivity contribution in [3.05, 3.63) is 46.4 Å². The topological polar surface area (TPSA) is 86.8 Å². The molecule has 1 aliphatic rings. The molecule has 1 atom stereocenters. The van der Waals surface area contributed by atoms with E-state index in [1.165, 1.54) is 18.3 Å². The molecule has 1 aromatic heterocycles. The number of carbonyl (C=O) groups excluding carboxylic acids is 2. The summed E-state index contributed by atoms with van der Waals surface area (Å²) < 4.78 is 32.2. The van der Waals surface area contributed by atoms with E-state index in [0.29, 0.717) is 29.7 Å². The Bertz CT molecular complexity index is 1140. The predicted molar refractivity (Wildman–Crippen MR) is 140 cm³/mol. The van der Waals surface area contributed by atoms with Gasteiger partial charge in [-0.15, -0.1) is 0 Å². The van der Waals surface area contributed by atoms with Crippen LogP contribution >= 0.6 is 11.6 Å². The Labute approximate surface area is 223 Å². The number of amides is 1. The average molecular weight is 535 g/mol. The van der Waals surface area contributed by atoms with Crippen molar-refractivity contribution in [1.82, 2.24) is 10.3 Å². The second-order valence-corrected chi connectivity index (χ2v) is 11.5. The van der Waals surface area contributed by atoms with E-state index < -0.39 is 29.3 Å². The highest BCUT2D eigenvalue weighted by atomic mass is 35.5. The minimum absolute atomic E-state index is 0.144. The number of carbonyl (C=O) groups is 2. The van der Waals surface area contributed by atoms with Crippen molar-refractivity contribution in [3.8, 4) is 17.4 Å². The zero-order valence-corrected chi connectivity index (χ0v) is 23.2. The maximum Gasteiger partial charge on any atom is 0.329 e. The molecule has 0 saturated heterocycles. The number of esters is 1. The van der Waals surface area contributed by atoms with Gasteiger partial charge in [0.05, 0.1) is 18.4 Å². The van der Waals surface area contributed by atoms with Gasteiger partial charge in [0.2, 0.25) is 5.88 Å². The molecule has 1 fully saturated rings. The van der Waals surface area contributed by atoms with Crippen LogP contribution in [0.4, 0.5) is 4.39 Å². The van der Waals surface area contributed by atoms with E-state index in [2.05, 4.69) is 10.3 Å². The number of hydrogen-bond donors (Lipinski definition) is 1. The summed E-state index contributed by atoms with van der Waals surface area (Å²) in [5, 5.41) is 2.93. The van der Waals surface area contributed by atoms with Gasteiger partial charge in [0.15, 0.2) is 0 Å². The van der Waals surface area contributed by atoms with E-state index in [1.54, 1.807) is 40.7 Å². The molecule has 1 amide bonds. The summed E-state index contributed by atoms with van der Waals surface area (Å²) in [7, 11) is 0. The number of nitrogens with zero attached hydrogens (tertiary/aromatic N) is 1. The molecule has 1 N–H and O–H groups in total. The van der Waals surface area contributed by atoms with Crippen molar-refractivity contribution in [2.24, 2.45) is 11.8 Å². The molecule has 37 heavy (non-hydrogen) atoms. The van der Waals surface area contributed by atoms with E-state index >= 15 is 4.39 Å². The van der Waals surface area contributed by atoms with Gasteiger partial charge in [-0.25, -0.2) is 14.2 Å². The van der Waals surface area contributed by atoms with Gasteiger partial charge in [-0.2, -0.15) is 0 Å². The quantitative estimate of drug-likeness (QED) is 0.342. The molecule has 0 radical (unpaired) electrons. The molecule has 1 aliphatic carbocycles. The summed E-state index contributed by atoms with van der Waals surface area (Å²) in [5.74, 6) is -0.900. The van der Waals surface area contributed by atoms with Crippen LogP contribution in [-0.2, 0) is 9.53 Å². The van der Waals surface area contributed by atoms with E-state index in [1.807, 2.05) is 13.8 Å². The Morgan fingerprint density at radius 2 is 1.84 bits per heavy atom. The minimum Gasteiger partial charge on any atom is -0.476 e. The van der Waals surface area contributed by atoms with Crippen LogP contribution in [0.15, 0.2) is 24.4 Å². The number of ether oxygens (including phenoxy) is 3. The molecule has 1 unspecified atom stereocenters. The van der Waals surface area contributed by atoms with Crippen LogP contribution in [0, 0.1) is 17.7 Å². The zero-order chi connectivity index (χ0) is 27.5. The average Bonchev–Trinajstić information content (AvgIpc) is 3.60. The number of pyridine rings is 1. The monoisotopic (exact) mass is 534 g/mol. The first-order valence-corrected chi connectivity index (χ1v) is 13.0. The summed E-state index contributed by atoms with van der Waals surface area (Å²) in [6.07, 6.45) is 3.26. The van der Waals surface area contributed by atoms with Crippen molar-refractivity contribution < 1.29 is 28.2 Å². The Hall–Kier alpha value is -2.87. The van der Waals surface area contributed by atoms with Crippen LogP contribution in [0.3, 0.4) is 0 Å². The van der Waals surface area contributed by atoms with Crippen molar-refractivity contribution in [3.63, 3.8) is 0 Å². The van der Waals surface area contributed by atoms with Gasteiger partial charge in [0, 0.05) is 12.1 Å². The van der Waals surface area contributed by atoms with E-state index in [0.717, 1.165) is 12.8 Å². The van der Waals surface area contributed by atoms with Gasteiger partial charge in [0.1, 0.15) is 34.0 Å². The van der Waals surface area contributed by atoms with Gasteiger partial charge in [-0.3, -0.25) is 4.79 Å². The predicted octanol–water partition coefficient (Wildman–Crippen LogP) is 6.67. The van der Waals surface area contributed by atoms with Crippen molar-refractivity contribution >= 4 is 23.5 Å². The smallest absolute Gasteiger partial charge is 0.329 e. The second-order valence-electron chi connectivity index (χ2n) is 11.1. The van der Waals surface area contributed by atoms with E-state index in [9.17, 15) is 9.59 Å². The van der Waals surface area contributed by atoms with Crippen LogP contribution in [0.2, 0.25) is 5.02 Å². The maximum absolute atomic E-state index is 15.2. The van der Waals surface area contributed by atoms with Crippen LogP contribution < -0.4 is 14.8 Å². The molecule has 0 aliphatic heterocycles. The SMILES string of the molecule is CC(C)COc1ncc(Oc2cc(F)c(C(=O)NC(C(=O)OC(C)(C)C)C(C)C)cc2C2CC2)cc1Cl. The standard InChI is InChI=1S/C28H36ClFN2O5/c1-15(2)14-35-26-21(29)10-18(13-31-26)36-23-12-22(30)20(11-19(23)17-8-9-17)25(33)32-24(16(3)4)27(34)37-28(5,6)7/h10-13,15-17,24H,8-9,14H2,1-7H3,(H,32,33). The molecule has 1 saturated carbocycles. The third kappa shape index (κ3) is 8.06. The highest BCUT2D eigenvalue weighted by Gasteiger charge is 2.33. The summed E-state index contributed by atoms with van der Waals surface area (Å²) in [5.41, 5.74) is -0.160. The number of aromatic nitrogens is 1. The molecule has 3 rings (SSSR count). The van der Waals surface area contributed by atoms with Gasteiger partial charge >= 0.3 is 5.97 Å². The lowest BCUT2D eigenvalue weighted by Gasteiger charge is -2.26. The lowest BCUT2D eigenvalue weighted by molar-refractivity contribution is -0.158. The normalized spacial score (nSPS) is 14.5. The first-order chi connectivity index (χ1) is 17.2. The molecule has 0 spiro atoms. The molecule has 0 bridgehead atoms. The lowest BCUT2D eigenvalue weighted by atomic mass is 10.0. The van der Waals surface area contributed by atoms with Crippen LogP contribution in [-0.4, -0.2) is 35.1 Å². The number of hydrogen-bond acceptors (Lipinski definition) is 6. The molecule has 7 nitrogen and oxygen atoms in total. The maximum atomic E-state index is 15.2. The first kappa shape index (κ1) is 28.7. The Kier molecular flexibility index (Phi) is 9.05. The summed E-state index contributed by atoms with van der Waals surface area (Å²) in [4.78, 5) is 29.9. The van der Waals surface area contributed by atoms with Gasteiger partial charge < -0.3 is 19.5 Å². The van der Waals surface area contributed by atoms with E-state index in [-0.39, 0.29) is 28.2 Å².